The Labute approximate surface area is 332 Å². The minimum Gasteiger partial charge on any atom is -0.462 e. The van der Waals surface area contributed by atoms with E-state index in [1.54, 1.807) is 0 Å². The van der Waals surface area contributed by atoms with Gasteiger partial charge in [0.2, 0.25) is 0 Å². The number of unbranched alkanes of at least 4 members (excludes halogenated alkanes) is 15. The van der Waals surface area contributed by atoms with Gasteiger partial charge >= 0.3 is 17.9 Å². The van der Waals surface area contributed by atoms with Gasteiger partial charge in [0.15, 0.2) is 6.10 Å². The number of ether oxygens (including phenoxy) is 3. The summed E-state index contributed by atoms with van der Waals surface area (Å²) in [4.78, 5) is 37.6. The fraction of sp³-hybridized carbons (Fsp3) is 0.688. The van der Waals surface area contributed by atoms with E-state index in [9.17, 15) is 14.4 Å². The molecule has 54 heavy (non-hydrogen) atoms. The number of esters is 3. The van der Waals surface area contributed by atoms with Crippen molar-refractivity contribution in [3.05, 3.63) is 72.9 Å². The molecule has 308 valence electrons. The van der Waals surface area contributed by atoms with Crippen molar-refractivity contribution in [2.75, 3.05) is 13.2 Å². The molecule has 0 radical (unpaired) electrons. The van der Waals surface area contributed by atoms with Crippen molar-refractivity contribution in [3.63, 3.8) is 0 Å². The summed E-state index contributed by atoms with van der Waals surface area (Å²) in [7, 11) is 0. The Morgan fingerprint density at radius 3 is 1.24 bits per heavy atom. The number of carbonyl (C=O) groups is 3. The maximum Gasteiger partial charge on any atom is 0.306 e. The van der Waals surface area contributed by atoms with Gasteiger partial charge in [-0.05, 0) is 77.0 Å². The second-order valence-electron chi connectivity index (χ2n) is 14.2. The Morgan fingerprint density at radius 1 is 0.389 bits per heavy atom. The van der Waals surface area contributed by atoms with E-state index in [2.05, 4.69) is 81.5 Å². The fourth-order valence-electron chi connectivity index (χ4n) is 5.66. The molecule has 0 spiro atoms. The van der Waals surface area contributed by atoms with E-state index in [1.165, 1.54) is 57.8 Å². The minimum atomic E-state index is -0.814. The maximum absolute atomic E-state index is 12.6. The number of hydrogen-bond acceptors (Lipinski definition) is 6. The third-order valence-corrected chi connectivity index (χ3v) is 8.96. The summed E-state index contributed by atoms with van der Waals surface area (Å²) < 4.78 is 16.6. The van der Waals surface area contributed by atoms with Crippen LogP contribution in [0.4, 0.5) is 0 Å². The van der Waals surface area contributed by atoms with Crippen LogP contribution in [0, 0.1) is 0 Å². The summed E-state index contributed by atoms with van der Waals surface area (Å²) in [5.74, 6) is -1.02. The summed E-state index contributed by atoms with van der Waals surface area (Å²) in [6, 6.07) is 0. The molecule has 0 aliphatic heterocycles. The Bertz CT molecular complexity index is 1050. The molecule has 1 unspecified atom stereocenters. The van der Waals surface area contributed by atoms with Crippen LogP contribution < -0.4 is 0 Å². The van der Waals surface area contributed by atoms with Crippen LogP contribution in [0.1, 0.15) is 194 Å². The molecule has 0 saturated carbocycles. The van der Waals surface area contributed by atoms with Gasteiger partial charge < -0.3 is 14.2 Å². The highest BCUT2D eigenvalue weighted by atomic mass is 16.6. The molecule has 0 N–H and O–H groups in total. The third kappa shape index (κ3) is 40.0. The lowest BCUT2D eigenvalue weighted by molar-refractivity contribution is -0.166. The standard InChI is InChI=1S/C48H80O6/c1-4-7-10-13-16-19-21-23-24-26-27-29-32-35-38-41-47(50)53-44-45(43-52-46(49)40-37-34-31-18-15-12-9-6-3)54-48(51)42-39-36-33-30-28-25-22-20-17-14-11-8-5-2/h8,11,16-17,19-20,23-25,28,33,36,45H,4-7,9-10,12-15,18,21-22,26-27,29-32,34-35,37-44H2,1-3H3/b11-8-,19-16-,20-17-,24-23-,28-25-,36-33-. The summed E-state index contributed by atoms with van der Waals surface area (Å²) in [5, 5.41) is 0. The van der Waals surface area contributed by atoms with Gasteiger partial charge in [0, 0.05) is 19.3 Å². The van der Waals surface area contributed by atoms with Crippen molar-refractivity contribution in [3.8, 4) is 0 Å². The topological polar surface area (TPSA) is 78.9 Å². The van der Waals surface area contributed by atoms with Crippen molar-refractivity contribution in [1.29, 1.82) is 0 Å². The molecule has 0 bridgehead atoms. The molecular formula is C48H80O6. The highest BCUT2D eigenvalue weighted by molar-refractivity contribution is 5.71. The SMILES string of the molecule is CC/C=C\C/C=C\C/C=C\C/C=C\CCC(=O)OC(COC(=O)CCCCCCC/C=C\C/C=C\CCCCC)COC(=O)CCCCCCCCCC. The molecule has 0 aliphatic carbocycles. The molecule has 0 amide bonds. The van der Waals surface area contributed by atoms with Gasteiger partial charge in [-0.25, -0.2) is 0 Å². The van der Waals surface area contributed by atoms with E-state index in [0.717, 1.165) is 89.9 Å². The maximum atomic E-state index is 12.6. The second-order valence-corrected chi connectivity index (χ2v) is 14.2. The molecule has 0 saturated heterocycles. The van der Waals surface area contributed by atoms with Gasteiger partial charge in [0.25, 0.3) is 0 Å². The van der Waals surface area contributed by atoms with Gasteiger partial charge in [0.05, 0.1) is 0 Å². The predicted molar refractivity (Wildman–Crippen MR) is 228 cm³/mol. The van der Waals surface area contributed by atoms with Gasteiger partial charge in [-0.3, -0.25) is 14.4 Å². The van der Waals surface area contributed by atoms with Gasteiger partial charge in [-0.15, -0.1) is 0 Å². The summed E-state index contributed by atoms with van der Waals surface area (Å²) in [6.45, 7) is 6.36. The zero-order chi connectivity index (χ0) is 39.4. The highest BCUT2D eigenvalue weighted by Crippen LogP contribution is 2.12. The first kappa shape index (κ1) is 50.9. The Hall–Kier alpha value is -3.15. The first-order chi connectivity index (χ1) is 26.5. The quantitative estimate of drug-likeness (QED) is 0.0270. The van der Waals surface area contributed by atoms with Crippen LogP contribution in [0.15, 0.2) is 72.9 Å². The van der Waals surface area contributed by atoms with Gasteiger partial charge in [-0.1, -0.05) is 171 Å². The van der Waals surface area contributed by atoms with E-state index in [0.29, 0.717) is 19.3 Å². The molecule has 0 rings (SSSR count). The molecular weight excluding hydrogens is 673 g/mol. The van der Waals surface area contributed by atoms with Gasteiger partial charge in [-0.2, -0.15) is 0 Å². The van der Waals surface area contributed by atoms with Crippen LogP contribution >= 0.6 is 0 Å². The van der Waals surface area contributed by atoms with Crippen molar-refractivity contribution in [2.24, 2.45) is 0 Å². The Morgan fingerprint density at radius 2 is 0.759 bits per heavy atom. The van der Waals surface area contributed by atoms with Crippen molar-refractivity contribution >= 4 is 17.9 Å². The molecule has 0 heterocycles. The van der Waals surface area contributed by atoms with Crippen LogP contribution in [0.5, 0.6) is 0 Å². The molecule has 0 aliphatic rings. The molecule has 0 aromatic carbocycles. The van der Waals surface area contributed by atoms with E-state index < -0.39 is 12.1 Å². The highest BCUT2D eigenvalue weighted by Gasteiger charge is 2.19. The van der Waals surface area contributed by atoms with Crippen LogP contribution in [0.25, 0.3) is 0 Å². The van der Waals surface area contributed by atoms with E-state index >= 15 is 0 Å². The van der Waals surface area contributed by atoms with Crippen molar-refractivity contribution in [2.45, 2.75) is 200 Å². The van der Waals surface area contributed by atoms with Crippen LogP contribution in [0.3, 0.4) is 0 Å². The lowest BCUT2D eigenvalue weighted by Gasteiger charge is -2.18. The monoisotopic (exact) mass is 753 g/mol. The van der Waals surface area contributed by atoms with E-state index in [1.807, 2.05) is 12.2 Å². The number of allylic oxidation sites excluding steroid dienone is 12. The molecule has 0 aromatic heterocycles. The summed E-state index contributed by atoms with van der Waals surface area (Å²) >= 11 is 0. The van der Waals surface area contributed by atoms with Crippen molar-refractivity contribution in [1.82, 2.24) is 0 Å². The Balaban J connectivity index is 4.48. The normalized spacial score (nSPS) is 12.7. The average molecular weight is 753 g/mol. The number of hydrogen-bond donors (Lipinski definition) is 0. The minimum absolute atomic E-state index is 0.109. The average Bonchev–Trinajstić information content (AvgIpc) is 3.17. The lowest BCUT2D eigenvalue weighted by atomic mass is 10.1. The molecule has 1 atom stereocenters. The fourth-order valence-corrected chi connectivity index (χ4v) is 5.66. The lowest BCUT2D eigenvalue weighted by Crippen LogP contribution is -2.30. The first-order valence-electron chi connectivity index (χ1n) is 21.9. The molecule has 0 aromatic rings. The zero-order valence-corrected chi connectivity index (χ0v) is 35.0. The van der Waals surface area contributed by atoms with Crippen LogP contribution in [-0.4, -0.2) is 37.2 Å². The van der Waals surface area contributed by atoms with E-state index in [-0.39, 0.29) is 31.6 Å². The molecule has 6 heteroatoms. The number of carbonyl (C=O) groups excluding carboxylic acids is 3. The molecule has 6 nitrogen and oxygen atoms in total. The van der Waals surface area contributed by atoms with Gasteiger partial charge in [0.1, 0.15) is 13.2 Å². The summed E-state index contributed by atoms with van der Waals surface area (Å²) in [6.07, 6.45) is 51.9. The molecule has 0 fully saturated rings. The zero-order valence-electron chi connectivity index (χ0n) is 35.0. The second kappa shape index (κ2) is 42.6. The Kier molecular flexibility index (Phi) is 40.1. The summed E-state index contributed by atoms with van der Waals surface area (Å²) in [5.41, 5.74) is 0. The smallest absolute Gasteiger partial charge is 0.306 e. The van der Waals surface area contributed by atoms with Crippen LogP contribution in [0.2, 0.25) is 0 Å². The van der Waals surface area contributed by atoms with E-state index in [4.69, 9.17) is 14.2 Å². The predicted octanol–water partition coefficient (Wildman–Crippen LogP) is 13.9. The number of rotatable bonds is 38. The first-order valence-corrected chi connectivity index (χ1v) is 21.9. The van der Waals surface area contributed by atoms with Crippen molar-refractivity contribution < 1.29 is 28.6 Å². The third-order valence-electron chi connectivity index (χ3n) is 8.96. The largest absolute Gasteiger partial charge is 0.462 e. The van der Waals surface area contributed by atoms with Crippen LogP contribution in [-0.2, 0) is 28.6 Å².